The number of H-pyrrole nitrogens is 2. The third kappa shape index (κ3) is 2.84. The van der Waals surface area contributed by atoms with Crippen LogP contribution in [0.5, 0.6) is 0 Å². The highest BCUT2D eigenvalue weighted by molar-refractivity contribution is 7.80. The summed E-state index contributed by atoms with van der Waals surface area (Å²) in [5.41, 5.74) is 4.48. The topological polar surface area (TPSA) is 96.7 Å². The fraction of sp³-hybridized carbons (Fsp3) is 0.571. The highest BCUT2D eigenvalue weighted by atomic mass is 32.1. The van der Waals surface area contributed by atoms with Crippen molar-refractivity contribution in [3.8, 4) is 0 Å². The van der Waals surface area contributed by atoms with Crippen molar-refractivity contribution in [2.75, 3.05) is 0 Å². The van der Waals surface area contributed by atoms with Gasteiger partial charge in [-0.2, -0.15) is 0 Å². The summed E-state index contributed by atoms with van der Waals surface area (Å²) in [7, 11) is 0. The molecular formula is C7H12N4O2S. The largest absolute Gasteiger partial charge is 0.393 e. The lowest BCUT2D eigenvalue weighted by atomic mass is 10.2. The molecule has 0 aliphatic carbocycles. The molecule has 0 spiro atoms. The van der Waals surface area contributed by atoms with Crippen LogP contribution in [0.25, 0.3) is 0 Å². The summed E-state index contributed by atoms with van der Waals surface area (Å²) in [5.74, 6) is 0. The third-order valence-electron chi connectivity index (χ3n) is 1.82. The number of nitrogens with two attached hydrogens (primary N) is 1. The summed E-state index contributed by atoms with van der Waals surface area (Å²) in [6, 6.07) is 0. The third-order valence-corrected chi connectivity index (χ3v) is 2.03. The average molecular weight is 216 g/mol. The molecule has 4 N–H and O–H groups in total. The van der Waals surface area contributed by atoms with Gasteiger partial charge in [-0.3, -0.25) is 0 Å². The Kier molecular flexibility index (Phi) is 3.63. The molecule has 0 bridgehead atoms. The molecule has 0 amide bonds. The Hall–Kier alpha value is -1.37. The second-order valence-corrected chi connectivity index (χ2v) is 3.46. The smallest absolute Gasteiger partial charge is 0.344 e. The first-order chi connectivity index (χ1) is 6.61. The Balaban J connectivity index is 2.43. The van der Waals surface area contributed by atoms with Gasteiger partial charge >= 0.3 is 11.4 Å². The standard InChI is InChI=1S/C7H12N4O2S/c8-5(14)3-1-2-4-11-6(12)9-10-7(11)13/h1-4H2,(H2,8,14)(H,9,12)(H,10,13). The Morgan fingerprint density at radius 3 is 2.36 bits per heavy atom. The number of thiocarbonyl (C=S) groups is 1. The Bertz CT molecular complexity index is 388. The molecule has 6 nitrogen and oxygen atoms in total. The predicted molar refractivity (Wildman–Crippen MR) is 56.3 cm³/mol. The first-order valence-electron chi connectivity index (χ1n) is 4.27. The molecule has 1 rings (SSSR count). The quantitative estimate of drug-likeness (QED) is 0.449. The molecule has 1 heterocycles. The van der Waals surface area contributed by atoms with Gasteiger partial charge in [-0.05, 0) is 19.3 Å². The van der Waals surface area contributed by atoms with Crippen molar-refractivity contribution in [1.82, 2.24) is 14.8 Å². The van der Waals surface area contributed by atoms with Gasteiger partial charge in [0.1, 0.15) is 0 Å². The van der Waals surface area contributed by atoms with E-state index in [0.29, 0.717) is 24.4 Å². The van der Waals surface area contributed by atoms with Crippen molar-refractivity contribution in [3.05, 3.63) is 21.0 Å². The number of aromatic amines is 2. The van der Waals surface area contributed by atoms with Crippen molar-refractivity contribution >= 4 is 17.2 Å². The number of unbranched alkanes of at least 4 members (excludes halogenated alkanes) is 1. The van der Waals surface area contributed by atoms with Crippen molar-refractivity contribution in [3.63, 3.8) is 0 Å². The molecule has 0 aliphatic heterocycles. The summed E-state index contributed by atoms with van der Waals surface area (Å²) < 4.78 is 1.11. The number of nitrogens with zero attached hydrogens (tertiary/aromatic N) is 1. The van der Waals surface area contributed by atoms with Gasteiger partial charge < -0.3 is 5.73 Å². The van der Waals surface area contributed by atoms with Gasteiger partial charge in [-0.15, -0.1) is 0 Å². The highest BCUT2D eigenvalue weighted by Crippen LogP contribution is 1.95. The number of nitrogens with one attached hydrogen (secondary N) is 2. The van der Waals surface area contributed by atoms with Crippen LogP contribution < -0.4 is 17.1 Å². The zero-order valence-electron chi connectivity index (χ0n) is 7.58. The Labute approximate surface area is 85.1 Å². The van der Waals surface area contributed by atoms with Crippen LogP contribution in [0.1, 0.15) is 19.3 Å². The number of aromatic nitrogens is 3. The Morgan fingerprint density at radius 2 is 1.86 bits per heavy atom. The highest BCUT2D eigenvalue weighted by Gasteiger charge is 2.01. The summed E-state index contributed by atoms with van der Waals surface area (Å²) in [5, 5.41) is 4.41. The number of rotatable bonds is 5. The zero-order chi connectivity index (χ0) is 10.6. The van der Waals surface area contributed by atoms with E-state index in [1.54, 1.807) is 0 Å². The van der Waals surface area contributed by atoms with E-state index in [1.807, 2.05) is 0 Å². The Morgan fingerprint density at radius 1 is 1.29 bits per heavy atom. The van der Waals surface area contributed by atoms with E-state index in [4.69, 9.17) is 18.0 Å². The molecule has 0 saturated heterocycles. The fourth-order valence-corrected chi connectivity index (χ4v) is 1.25. The van der Waals surface area contributed by atoms with Crippen LogP contribution in [0, 0.1) is 0 Å². The van der Waals surface area contributed by atoms with E-state index in [2.05, 4.69) is 10.2 Å². The zero-order valence-corrected chi connectivity index (χ0v) is 8.39. The summed E-state index contributed by atoms with van der Waals surface area (Å²) >= 11 is 4.70. The normalized spacial score (nSPS) is 10.3. The lowest BCUT2D eigenvalue weighted by Gasteiger charge is -1.98. The molecule has 14 heavy (non-hydrogen) atoms. The van der Waals surface area contributed by atoms with Gasteiger partial charge in [0.2, 0.25) is 0 Å². The second kappa shape index (κ2) is 4.75. The summed E-state index contributed by atoms with van der Waals surface area (Å²) in [6.45, 7) is 0.389. The monoisotopic (exact) mass is 216 g/mol. The van der Waals surface area contributed by atoms with Crippen molar-refractivity contribution < 1.29 is 0 Å². The number of hydrogen-bond donors (Lipinski definition) is 3. The van der Waals surface area contributed by atoms with E-state index < -0.39 is 11.4 Å². The maximum absolute atomic E-state index is 11.0. The van der Waals surface area contributed by atoms with E-state index in [9.17, 15) is 9.59 Å². The minimum atomic E-state index is -0.412. The van der Waals surface area contributed by atoms with Gasteiger partial charge in [0.25, 0.3) is 0 Å². The molecule has 0 fully saturated rings. The van der Waals surface area contributed by atoms with Crippen LogP contribution >= 0.6 is 12.2 Å². The van der Waals surface area contributed by atoms with Gasteiger partial charge in [-0.1, -0.05) is 12.2 Å². The molecule has 0 atom stereocenters. The molecule has 0 unspecified atom stereocenters. The van der Waals surface area contributed by atoms with E-state index in [0.717, 1.165) is 11.0 Å². The molecule has 0 aliphatic rings. The van der Waals surface area contributed by atoms with Crippen LogP contribution in [0.4, 0.5) is 0 Å². The van der Waals surface area contributed by atoms with Gasteiger partial charge in [0.15, 0.2) is 0 Å². The molecule has 7 heteroatoms. The van der Waals surface area contributed by atoms with Gasteiger partial charge in [0.05, 0.1) is 4.99 Å². The molecule has 1 aromatic rings. The van der Waals surface area contributed by atoms with E-state index in [-0.39, 0.29) is 0 Å². The van der Waals surface area contributed by atoms with Crippen LogP contribution in [-0.2, 0) is 6.54 Å². The maximum Gasteiger partial charge on any atom is 0.344 e. The molecule has 1 aromatic heterocycles. The molecule has 0 saturated carbocycles. The lowest BCUT2D eigenvalue weighted by Crippen LogP contribution is -2.26. The van der Waals surface area contributed by atoms with Gasteiger partial charge in [-0.25, -0.2) is 24.4 Å². The molecule has 78 valence electrons. The van der Waals surface area contributed by atoms with Crippen molar-refractivity contribution in [1.29, 1.82) is 0 Å². The predicted octanol–water partition coefficient (Wildman–Crippen LogP) is -0.679. The van der Waals surface area contributed by atoms with E-state index >= 15 is 0 Å². The van der Waals surface area contributed by atoms with Crippen LogP contribution in [0.2, 0.25) is 0 Å². The van der Waals surface area contributed by atoms with Crippen LogP contribution in [0.15, 0.2) is 9.59 Å². The van der Waals surface area contributed by atoms with Crippen LogP contribution in [-0.4, -0.2) is 19.8 Å². The molecule has 0 radical (unpaired) electrons. The second-order valence-electron chi connectivity index (χ2n) is 2.94. The first-order valence-corrected chi connectivity index (χ1v) is 4.68. The minimum Gasteiger partial charge on any atom is -0.393 e. The minimum absolute atomic E-state index is 0.389. The average Bonchev–Trinajstić information content (AvgIpc) is 2.42. The number of hydrogen-bond acceptors (Lipinski definition) is 3. The molecule has 0 aromatic carbocycles. The van der Waals surface area contributed by atoms with Gasteiger partial charge in [0, 0.05) is 6.54 Å². The molecular weight excluding hydrogens is 204 g/mol. The van der Waals surface area contributed by atoms with E-state index in [1.165, 1.54) is 0 Å². The van der Waals surface area contributed by atoms with Crippen molar-refractivity contribution in [2.45, 2.75) is 25.8 Å². The van der Waals surface area contributed by atoms with Crippen molar-refractivity contribution in [2.24, 2.45) is 5.73 Å². The maximum atomic E-state index is 11.0. The SMILES string of the molecule is NC(=S)CCCCn1c(=O)[nH][nH]c1=O. The lowest BCUT2D eigenvalue weighted by molar-refractivity contribution is 0.590. The first kappa shape index (κ1) is 10.7. The van der Waals surface area contributed by atoms with Crippen LogP contribution in [0.3, 0.4) is 0 Å². The summed E-state index contributed by atoms with van der Waals surface area (Å²) in [6.07, 6.45) is 2.14. The summed E-state index contributed by atoms with van der Waals surface area (Å²) in [4.78, 5) is 22.4. The fourth-order valence-electron chi connectivity index (χ4n) is 1.11.